The molecule has 0 bridgehead atoms. The van der Waals surface area contributed by atoms with Crippen molar-refractivity contribution in [1.82, 2.24) is 10.3 Å². The molecule has 1 fully saturated rings. The van der Waals surface area contributed by atoms with E-state index in [4.69, 9.17) is 16.3 Å². The van der Waals surface area contributed by atoms with Crippen molar-refractivity contribution in [2.75, 3.05) is 18.5 Å². The van der Waals surface area contributed by atoms with Gasteiger partial charge in [-0.05, 0) is 42.3 Å². The van der Waals surface area contributed by atoms with Crippen molar-refractivity contribution in [1.29, 1.82) is 0 Å². The predicted octanol–water partition coefficient (Wildman–Crippen LogP) is 3.11. The molecule has 1 aliphatic heterocycles. The lowest BCUT2D eigenvalue weighted by molar-refractivity contribution is 0.182. The molecular weight excluding hydrogens is 314 g/mol. The van der Waals surface area contributed by atoms with E-state index in [-0.39, 0.29) is 18.0 Å². The summed E-state index contributed by atoms with van der Waals surface area (Å²) in [5.74, 6) is 0.252. The van der Waals surface area contributed by atoms with Gasteiger partial charge < -0.3 is 15.4 Å². The zero-order valence-corrected chi connectivity index (χ0v) is 13.3. The average Bonchev–Trinajstić information content (AvgIpc) is 2.95. The number of anilines is 1. The van der Waals surface area contributed by atoms with E-state index in [1.807, 2.05) is 12.1 Å². The Kier molecular flexibility index (Phi) is 5.10. The fraction of sp³-hybridized carbons (Fsp3) is 0.294. The van der Waals surface area contributed by atoms with Crippen LogP contribution in [-0.2, 0) is 11.2 Å². The molecule has 0 unspecified atom stereocenters. The summed E-state index contributed by atoms with van der Waals surface area (Å²) in [6, 6.07) is 10.8. The summed E-state index contributed by atoms with van der Waals surface area (Å²) in [6.07, 6.45) is 4.41. The molecule has 0 radical (unpaired) electrons. The number of urea groups is 1. The Morgan fingerprint density at radius 1 is 1.26 bits per heavy atom. The number of benzene rings is 1. The monoisotopic (exact) mass is 331 g/mol. The van der Waals surface area contributed by atoms with Crippen LogP contribution in [0.2, 0.25) is 5.02 Å². The highest BCUT2D eigenvalue weighted by molar-refractivity contribution is 6.30. The maximum atomic E-state index is 12.1. The topological polar surface area (TPSA) is 63.2 Å². The lowest BCUT2D eigenvalue weighted by atomic mass is 9.95. The first-order valence-corrected chi connectivity index (χ1v) is 7.88. The van der Waals surface area contributed by atoms with Gasteiger partial charge >= 0.3 is 6.03 Å². The van der Waals surface area contributed by atoms with Gasteiger partial charge in [0.2, 0.25) is 0 Å². The van der Waals surface area contributed by atoms with E-state index in [0.29, 0.717) is 23.9 Å². The van der Waals surface area contributed by atoms with Gasteiger partial charge in [0.15, 0.2) is 0 Å². The lowest BCUT2D eigenvalue weighted by Crippen LogP contribution is -2.42. The molecule has 1 aliphatic rings. The van der Waals surface area contributed by atoms with Crippen molar-refractivity contribution < 1.29 is 9.53 Å². The quantitative estimate of drug-likeness (QED) is 0.904. The molecule has 5 nitrogen and oxygen atoms in total. The van der Waals surface area contributed by atoms with E-state index in [9.17, 15) is 4.79 Å². The van der Waals surface area contributed by atoms with Gasteiger partial charge in [0.05, 0.1) is 19.3 Å². The Morgan fingerprint density at radius 3 is 2.87 bits per heavy atom. The van der Waals surface area contributed by atoms with Gasteiger partial charge in [-0.1, -0.05) is 17.7 Å². The summed E-state index contributed by atoms with van der Waals surface area (Å²) >= 11 is 5.92. The van der Waals surface area contributed by atoms with Crippen LogP contribution < -0.4 is 10.6 Å². The molecule has 0 saturated carbocycles. The molecule has 0 aliphatic carbocycles. The fourth-order valence-corrected chi connectivity index (χ4v) is 2.87. The smallest absolute Gasteiger partial charge is 0.319 e. The predicted molar refractivity (Wildman–Crippen MR) is 89.6 cm³/mol. The van der Waals surface area contributed by atoms with E-state index in [1.165, 1.54) is 5.56 Å². The summed E-state index contributed by atoms with van der Waals surface area (Å²) < 4.78 is 5.53. The summed E-state index contributed by atoms with van der Waals surface area (Å²) in [4.78, 5) is 16.2. The molecule has 120 valence electrons. The van der Waals surface area contributed by atoms with Crippen LogP contribution >= 0.6 is 11.6 Å². The Labute approximate surface area is 140 Å². The number of aromatic nitrogens is 1. The first-order valence-electron chi connectivity index (χ1n) is 7.50. The maximum Gasteiger partial charge on any atom is 0.319 e. The summed E-state index contributed by atoms with van der Waals surface area (Å²) in [6.45, 7) is 1.17. The van der Waals surface area contributed by atoms with Crippen molar-refractivity contribution >= 4 is 23.3 Å². The third-order valence-corrected chi connectivity index (χ3v) is 4.08. The van der Waals surface area contributed by atoms with Crippen molar-refractivity contribution in [3.63, 3.8) is 0 Å². The normalized spacial score (nSPS) is 20.2. The van der Waals surface area contributed by atoms with Crippen LogP contribution in [0, 0.1) is 5.92 Å². The van der Waals surface area contributed by atoms with Crippen LogP contribution in [-0.4, -0.2) is 30.3 Å². The minimum absolute atomic E-state index is 0.0117. The summed E-state index contributed by atoms with van der Waals surface area (Å²) in [5.41, 5.74) is 1.86. The molecule has 3 rings (SSSR count). The minimum Gasteiger partial charge on any atom is -0.379 e. The van der Waals surface area contributed by atoms with Gasteiger partial charge in [-0.2, -0.15) is 0 Å². The molecule has 1 aromatic carbocycles. The van der Waals surface area contributed by atoms with E-state index in [2.05, 4.69) is 15.6 Å². The third-order valence-electron chi connectivity index (χ3n) is 3.84. The number of amides is 2. The van der Waals surface area contributed by atoms with Gasteiger partial charge in [-0.15, -0.1) is 0 Å². The van der Waals surface area contributed by atoms with Gasteiger partial charge in [-0.25, -0.2) is 4.79 Å². The second-order valence-corrected chi connectivity index (χ2v) is 6.01. The largest absolute Gasteiger partial charge is 0.379 e. The van der Waals surface area contributed by atoms with Gasteiger partial charge in [-0.3, -0.25) is 4.98 Å². The van der Waals surface area contributed by atoms with E-state index >= 15 is 0 Å². The molecule has 1 saturated heterocycles. The minimum atomic E-state index is -0.248. The number of pyridine rings is 1. The molecule has 23 heavy (non-hydrogen) atoms. The van der Waals surface area contributed by atoms with Gasteiger partial charge in [0.1, 0.15) is 0 Å². The number of halogens is 1. The molecular formula is C17H18ClN3O2. The van der Waals surface area contributed by atoms with Crippen LogP contribution in [0.5, 0.6) is 0 Å². The van der Waals surface area contributed by atoms with Crippen LogP contribution in [0.25, 0.3) is 0 Å². The highest BCUT2D eigenvalue weighted by Gasteiger charge is 2.29. The lowest BCUT2D eigenvalue weighted by Gasteiger charge is -2.19. The number of carbonyl (C=O) groups is 1. The Bertz CT molecular complexity index is 666. The Balaban J connectivity index is 1.56. The van der Waals surface area contributed by atoms with Crippen molar-refractivity contribution in [2.45, 2.75) is 12.5 Å². The molecule has 2 heterocycles. The molecule has 0 spiro atoms. The average molecular weight is 332 g/mol. The third kappa shape index (κ3) is 4.43. The van der Waals surface area contributed by atoms with Crippen molar-refractivity contribution in [2.24, 2.45) is 5.92 Å². The zero-order chi connectivity index (χ0) is 16.1. The molecule has 1 aromatic heterocycles. The second-order valence-electron chi connectivity index (χ2n) is 5.57. The van der Waals surface area contributed by atoms with Crippen molar-refractivity contribution in [3.05, 3.63) is 59.4 Å². The number of rotatable bonds is 4. The SMILES string of the molecule is O=C(Nc1cccc(Cl)c1)N[C@H]1COC[C@H]1Cc1ccncc1. The number of hydrogen-bond acceptors (Lipinski definition) is 3. The maximum absolute atomic E-state index is 12.1. The number of nitrogens with one attached hydrogen (secondary N) is 2. The first kappa shape index (κ1) is 15.8. The number of carbonyl (C=O) groups excluding carboxylic acids is 1. The van der Waals surface area contributed by atoms with Crippen LogP contribution in [0.1, 0.15) is 5.56 Å². The highest BCUT2D eigenvalue weighted by Crippen LogP contribution is 2.19. The molecule has 2 aromatic rings. The Morgan fingerprint density at radius 2 is 2.09 bits per heavy atom. The number of nitrogens with zero attached hydrogens (tertiary/aromatic N) is 1. The van der Waals surface area contributed by atoms with Crippen molar-refractivity contribution in [3.8, 4) is 0 Å². The van der Waals surface area contributed by atoms with E-state index in [1.54, 1.807) is 36.7 Å². The van der Waals surface area contributed by atoms with E-state index in [0.717, 1.165) is 6.42 Å². The molecule has 6 heteroatoms. The second kappa shape index (κ2) is 7.44. The Hall–Kier alpha value is -2.11. The van der Waals surface area contributed by atoms with E-state index < -0.39 is 0 Å². The molecule has 2 atom stereocenters. The molecule has 2 N–H and O–H groups in total. The van der Waals surface area contributed by atoms with Gasteiger partial charge in [0, 0.05) is 29.0 Å². The van der Waals surface area contributed by atoms with Gasteiger partial charge in [0.25, 0.3) is 0 Å². The summed E-state index contributed by atoms with van der Waals surface area (Å²) in [7, 11) is 0. The van der Waals surface area contributed by atoms with Crippen LogP contribution in [0.4, 0.5) is 10.5 Å². The standard InChI is InChI=1S/C17H18ClN3O2/c18-14-2-1-3-15(9-14)20-17(22)21-16-11-23-10-13(16)8-12-4-6-19-7-5-12/h1-7,9,13,16H,8,10-11H2,(H2,20,21,22)/t13-,16+/m1/s1. The highest BCUT2D eigenvalue weighted by atomic mass is 35.5. The number of hydrogen-bond donors (Lipinski definition) is 2. The first-order chi connectivity index (χ1) is 11.2. The van der Waals surface area contributed by atoms with Crippen LogP contribution in [0.3, 0.4) is 0 Å². The fourth-order valence-electron chi connectivity index (χ4n) is 2.68. The molecule has 2 amide bonds. The zero-order valence-electron chi connectivity index (χ0n) is 12.5. The number of ether oxygens (including phenoxy) is 1. The van der Waals surface area contributed by atoms with Crippen LogP contribution in [0.15, 0.2) is 48.8 Å². The summed E-state index contributed by atoms with van der Waals surface area (Å²) in [5, 5.41) is 6.36.